The SMILES string of the molecule is CC(C)(C)c1ccc(C(=O)C(=O)NCc2scc3c2C(=O)N(C2CCC(=O)NC2=O)C3=O)cc1. The summed E-state index contributed by atoms with van der Waals surface area (Å²) in [6.07, 6.45) is 0.0898. The molecule has 34 heavy (non-hydrogen) atoms. The van der Waals surface area contributed by atoms with Crippen molar-refractivity contribution in [1.82, 2.24) is 15.5 Å². The molecule has 0 spiro atoms. The molecule has 2 N–H and O–H groups in total. The summed E-state index contributed by atoms with van der Waals surface area (Å²) in [4.78, 5) is 75.6. The van der Waals surface area contributed by atoms with Gasteiger partial charge in [0.1, 0.15) is 6.04 Å². The molecule has 1 saturated heterocycles. The molecule has 1 unspecified atom stereocenters. The first kappa shape index (κ1) is 23.5. The molecule has 2 aliphatic rings. The van der Waals surface area contributed by atoms with Crippen molar-refractivity contribution >= 4 is 46.7 Å². The van der Waals surface area contributed by atoms with Crippen molar-refractivity contribution in [2.45, 2.75) is 51.6 Å². The molecular weight excluding hydrogens is 458 g/mol. The van der Waals surface area contributed by atoms with Crippen LogP contribution in [0.25, 0.3) is 0 Å². The first-order chi connectivity index (χ1) is 16.0. The largest absolute Gasteiger partial charge is 0.344 e. The number of ketones is 1. The van der Waals surface area contributed by atoms with Crippen molar-refractivity contribution in [3.8, 4) is 0 Å². The van der Waals surface area contributed by atoms with Crippen LogP contribution in [-0.2, 0) is 26.3 Å². The Morgan fingerprint density at radius 3 is 2.38 bits per heavy atom. The smallest absolute Gasteiger partial charge is 0.292 e. The number of Topliss-reactive ketones (excluding diaryl/α,β-unsaturated/α-hetero) is 1. The number of hydrogen-bond donors (Lipinski definition) is 2. The third-order valence-electron chi connectivity index (χ3n) is 5.90. The van der Waals surface area contributed by atoms with E-state index in [0.29, 0.717) is 4.88 Å². The van der Waals surface area contributed by atoms with Crippen LogP contribution in [0.3, 0.4) is 0 Å². The second-order valence-electron chi connectivity index (χ2n) is 9.23. The van der Waals surface area contributed by atoms with E-state index in [4.69, 9.17) is 0 Å². The van der Waals surface area contributed by atoms with Gasteiger partial charge in [-0.1, -0.05) is 45.0 Å². The summed E-state index contributed by atoms with van der Waals surface area (Å²) < 4.78 is 0. The van der Waals surface area contributed by atoms with E-state index in [1.807, 2.05) is 20.8 Å². The van der Waals surface area contributed by atoms with Crippen molar-refractivity contribution in [3.63, 3.8) is 0 Å². The monoisotopic (exact) mass is 481 g/mol. The summed E-state index contributed by atoms with van der Waals surface area (Å²) in [5, 5.41) is 6.16. The molecule has 1 fully saturated rings. The standard InChI is InChI=1S/C24H23N3O6S/c1-24(2,3)13-6-4-12(5-7-13)19(29)21(31)25-10-16-18-14(11-34-16)22(32)27(23(18)33)15-8-9-17(28)26-20(15)30/h4-7,11,15H,8-10H2,1-3H3,(H,25,31)(H,26,28,30). The summed E-state index contributed by atoms with van der Waals surface area (Å²) in [7, 11) is 0. The fourth-order valence-corrected chi connectivity index (χ4v) is 4.92. The number of carbonyl (C=O) groups is 6. The normalized spacial score (nSPS) is 18.1. The third kappa shape index (κ3) is 4.16. The minimum absolute atomic E-state index is 0.0298. The number of rotatable bonds is 5. The van der Waals surface area contributed by atoms with E-state index in [0.717, 1.165) is 21.8 Å². The highest BCUT2D eigenvalue weighted by molar-refractivity contribution is 7.10. The van der Waals surface area contributed by atoms with Crippen molar-refractivity contribution in [1.29, 1.82) is 0 Å². The van der Waals surface area contributed by atoms with E-state index < -0.39 is 41.4 Å². The summed E-state index contributed by atoms with van der Waals surface area (Å²) in [5.41, 5.74) is 1.45. The van der Waals surface area contributed by atoms with Crippen LogP contribution in [0.1, 0.15) is 75.1 Å². The molecule has 10 heteroatoms. The van der Waals surface area contributed by atoms with E-state index in [1.165, 1.54) is 5.38 Å². The van der Waals surface area contributed by atoms with Crippen LogP contribution >= 0.6 is 11.3 Å². The predicted molar refractivity (Wildman–Crippen MR) is 122 cm³/mol. The van der Waals surface area contributed by atoms with Gasteiger partial charge in [0.25, 0.3) is 17.7 Å². The number of nitrogens with one attached hydrogen (secondary N) is 2. The molecule has 0 bridgehead atoms. The molecule has 2 aliphatic heterocycles. The van der Waals surface area contributed by atoms with Gasteiger partial charge in [-0.25, -0.2) is 0 Å². The number of amides is 5. The lowest BCUT2D eigenvalue weighted by atomic mass is 9.86. The zero-order valence-electron chi connectivity index (χ0n) is 18.9. The van der Waals surface area contributed by atoms with Crippen LogP contribution in [0.5, 0.6) is 0 Å². The first-order valence-corrected chi connectivity index (χ1v) is 11.6. The van der Waals surface area contributed by atoms with Gasteiger partial charge in [0.15, 0.2) is 0 Å². The summed E-state index contributed by atoms with van der Waals surface area (Å²) in [6.45, 7) is 6.02. The van der Waals surface area contributed by atoms with Gasteiger partial charge in [-0.2, -0.15) is 0 Å². The Kier molecular flexibility index (Phi) is 5.94. The average Bonchev–Trinajstić information content (AvgIpc) is 3.31. The summed E-state index contributed by atoms with van der Waals surface area (Å²) >= 11 is 1.11. The van der Waals surface area contributed by atoms with E-state index in [2.05, 4.69) is 10.6 Å². The number of hydrogen-bond acceptors (Lipinski definition) is 7. The first-order valence-electron chi connectivity index (χ1n) is 10.7. The number of piperidine rings is 1. The topological polar surface area (TPSA) is 130 Å². The Hall–Kier alpha value is -3.66. The van der Waals surface area contributed by atoms with Crippen LogP contribution < -0.4 is 10.6 Å². The Morgan fingerprint density at radius 1 is 1.09 bits per heavy atom. The second-order valence-corrected chi connectivity index (χ2v) is 10.2. The number of carbonyl (C=O) groups excluding carboxylic acids is 6. The predicted octanol–water partition coefficient (Wildman–Crippen LogP) is 1.95. The van der Waals surface area contributed by atoms with E-state index in [-0.39, 0.29) is 41.5 Å². The Morgan fingerprint density at radius 2 is 1.76 bits per heavy atom. The van der Waals surface area contributed by atoms with Crippen LogP contribution in [0.2, 0.25) is 0 Å². The van der Waals surface area contributed by atoms with E-state index in [9.17, 15) is 28.8 Å². The number of nitrogens with zero attached hydrogens (tertiary/aromatic N) is 1. The summed E-state index contributed by atoms with van der Waals surface area (Å²) in [5.74, 6) is -3.94. The number of imide groups is 2. The van der Waals surface area contributed by atoms with Gasteiger partial charge in [0, 0.05) is 22.2 Å². The van der Waals surface area contributed by atoms with Gasteiger partial charge in [-0.3, -0.25) is 39.0 Å². The molecule has 4 rings (SSSR count). The lowest BCUT2D eigenvalue weighted by Crippen LogP contribution is -2.54. The van der Waals surface area contributed by atoms with Gasteiger partial charge in [0.05, 0.1) is 17.7 Å². The zero-order chi connectivity index (χ0) is 24.8. The maximum absolute atomic E-state index is 13.0. The highest BCUT2D eigenvalue weighted by atomic mass is 32.1. The van der Waals surface area contributed by atoms with Gasteiger partial charge in [-0.15, -0.1) is 11.3 Å². The molecule has 1 aromatic heterocycles. The fourth-order valence-electron chi connectivity index (χ4n) is 3.97. The van der Waals surface area contributed by atoms with Crippen molar-refractivity contribution in [2.75, 3.05) is 0 Å². The quantitative estimate of drug-likeness (QED) is 0.381. The molecule has 5 amide bonds. The molecule has 176 valence electrons. The van der Waals surface area contributed by atoms with Crippen LogP contribution in [-0.4, -0.2) is 46.3 Å². The van der Waals surface area contributed by atoms with Crippen molar-refractivity contribution in [3.05, 3.63) is 56.8 Å². The maximum atomic E-state index is 13.0. The maximum Gasteiger partial charge on any atom is 0.292 e. The number of benzene rings is 1. The van der Waals surface area contributed by atoms with Crippen LogP contribution in [0.15, 0.2) is 29.6 Å². The Balaban J connectivity index is 1.45. The highest BCUT2D eigenvalue weighted by Gasteiger charge is 2.46. The molecule has 0 saturated carbocycles. The summed E-state index contributed by atoms with van der Waals surface area (Å²) in [6, 6.07) is 5.76. The van der Waals surface area contributed by atoms with Crippen LogP contribution in [0, 0.1) is 0 Å². The molecule has 2 aromatic rings. The second kappa shape index (κ2) is 8.60. The average molecular weight is 482 g/mol. The molecular formula is C24H23N3O6S. The highest BCUT2D eigenvalue weighted by Crippen LogP contribution is 2.33. The van der Waals surface area contributed by atoms with E-state index in [1.54, 1.807) is 24.3 Å². The van der Waals surface area contributed by atoms with Gasteiger partial charge < -0.3 is 5.32 Å². The Bertz CT molecular complexity index is 1240. The van der Waals surface area contributed by atoms with Crippen molar-refractivity contribution in [2.24, 2.45) is 0 Å². The van der Waals surface area contributed by atoms with Crippen LogP contribution in [0.4, 0.5) is 0 Å². The third-order valence-corrected chi connectivity index (χ3v) is 6.89. The lowest BCUT2D eigenvalue weighted by Gasteiger charge is -2.28. The van der Waals surface area contributed by atoms with Gasteiger partial charge in [-0.05, 0) is 17.4 Å². The molecule has 1 atom stereocenters. The minimum atomic E-state index is -1.06. The minimum Gasteiger partial charge on any atom is -0.344 e. The zero-order valence-corrected chi connectivity index (χ0v) is 19.7. The molecule has 1 aromatic carbocycles. The number of thiophene rings is 1. The molecule has 0 aliphatic carbocycles. The van der Waals surface area contributed by atoms with Crippen molar-refractivity contribution < 1.29 is 28.8 Å². The van der Waals surface area contributed by atoms with Gasteiger partial charge in [0.2, 0.25) is 17.6 Å². The fraction of sp³-hybridized carbons (Fsp3) is 0.333. The Labute approximate surface area is 199 Å². The molecule has 9 nitrogen and oxygen atoms in total. The molecule has 3 heterocycles. The lowest BCUT2D eigenvalue weighted by molar-refractivity contribution is -0.136. The molecule has 0 radical (unpaired) electrons. The van der Waals surface area contributed by atoms with Gasteiger partial charge >= 0.3 is 0 Å². The number of fused-ring (bicyclic) bond motifs is 1. The van der Waals surface area contributed by atoms with E-state index >= 15 is 0 Å².